The smallest absolute Gasteiger partial charge is 0.408 e. The molecule has 0 aliphatic carbocycles. The molecule has 0 atom stereocenters. The third kappa shape index (κ3) is 5.34. The van der Waals surface area contributed by atoms with Gasteiger partial charge in [0.15, 0.2) is 0 Å². The van der Waals surface area contributed by atoms with Gasteiger partial charge in [-0.1, -0.05) is 121 Å². The molecule has 4 aromatic carbocycles. The summed E-state index contributed by atoms with van der Waals surface area (Å²) in [5, 5.41) is 3.30. The summed E-state index contributed by atoms with van der Waals surface area (Å²) in [5.41, 5.74) is 3.40. The molecule has 5 rings (SSSR count). The number of piperidine rings is 1. The Balaban J connectivity index is 1.35. The van der Waals surface area contributed by atoms with E-state index < -0.39 is 11.6 Å². The second-order valence-electron chi connectivity index (χ2n) is 9.34. The van der Waals surface area contributed by atoms with Crippen LogP contribution in [0.25, 0.3) is 0 Å². The molecule has 1 aliphatic rings. The van der Waals surface area contributed by atoms with Crippen molar-refractivity contribution in [1.29, 1.82) is 0 Å². The van der Waals surface area contributed by atoms with Crippen molar-refractivity contribution in [2.24, 2.45) is 0 Å². The third-order valence-electron chi connectivity index (χ3n) is 6.97. The Morgan fingerprint density at radius 3 is 1.56 bits per heavy atom. The average molecular weight is 477 g/mol. The molecule has 0 bridgehead atoms. The zero-order valence-corrected chi connectivity index (χ0v) is 20.4. The van der Waals surface area contributed by atoms with Crippen molar-refractivity contribution in [3.05, 3.63) is 144 Å². The molecule has 36 heavy (non-hydrogen) atoms. The molecular weight excluding hydrogens is 444 g/mol. The van der Waals surface area contributed by atoms with E-state index in [1.807, 2.05) is 60.7 Å². The minimum Gasteiger partial charge on any atom is -0.446 e. The number of hydrogen-bond donors (Lipinski definition) is 1. The third-order valence-corrected chi connectivity index (χ3v) is 6.97. The quantitative estimate of drug-likeness (QED) is 0.315. The first-order valence-corrected chi connectivity index (χ1v) is 12.7. The van der Waals surface area contributed by atoms with Gasteiger partial charge in [-0.15, -0.1) is 0 Å². The number of rotatable bonds is 7. The Labute approximate surface area is 213 Å². The van der Waals surface area contributed by atoms with E-state index in [1.165, 1.54) is 5.56 Å². The Morgan fingerprint density at radius 2 is 1.11 bits per heavy atom. The van der Waals surface area contributed by atoms with Gasteiger partial charge in [-0.05, 0) is 35.1 Å². The first kappa shape index (κ1) is 23.8. The van der Waals surface area contributed by atoms with Gasteiger partial charge in [0.05, 0.1) is 0 Å². The molecular formula is C32H32N2O2. The van der Waals surface area contributed by atoms with Crippen LogP contribution in [0.3, 0.4) is 0 Å². The fraction of sp³-hybridized carbons (Fsp3) is 0.219. The fourth-order valence-corrected chi connectivity index (χ4v) is 5.14. The van der Waals surface area contributed by atoms with Crippen molar-refractivity contribution in [3.63, 3.8) is 0 Å². The van der Waals surface area contributed by atoms with Gasteiger partial charge in [-0.3, -0.25) is 4.90 Å². The van der Waals surface area contributed by atoms with E-state index in [4.69, 9.17) is 4.74 Å². The highest BCUT2D eigenvalue weighted by Gasteiger charge is 2.39. The van der Waals surface area contributed by atoms with Crippen LogP contribution in [-0.2, 0) is 16.8 Å². The second kappa shape index (κ2) is 11.2. The molecule has 0 saturated carbocycles. The number of amides is 1. The normalized spacial score (nSPS) is 14.8. The molecule has 182 valence electrons. The van der Waals surface area contributed by atoms with Crippen LogP contribution in [0, 0.1) is 0 Å². The first-order chi connectivity index (χ1) is 17.7. The molecule has 1 N–H and O–H groups in total. The predicted molar refractivity (Wildman–Crippen MR) is 144 cm³/mol. The summed E-state index contributed by atoms with van der Waals surface area (Å²) in [5.74, 6) is 0. The second-order valence-corrected chi connectivity index (χ2v) is 9.34. The predicted octanol–water partition coefficient (Wildman–Crippen LogP) is 6.37. The largest absolute Gasteiger partial charge is 0.446 e. The van der Waals surface area contributed by atoms with Crippen LogP contribution in [0.4, 0.5) is 4.79 Å². The van der Waals surface area contributed by atoms with E-state index in [0.29, 0.717) is 0 Å². The van der Waals surface area contributed by atoms with Gasteiger partial charge < -0.3 is 10.1 Å². The lowest BCUT2D eigenvalue weighted by molar-refractivity contribution is 0.0457. The zero-order valence-electron chi connectivity index (χ0n) is 20.4. The lowest BCUT2D eigenvalue weighted by Gasteiger charge is -2.37. The SMILES string of the molecule is O=C(NC(c1ccccc1)(c1ccccc1)c1ccccc1)OC1CCN(Cc2ccccc2)CC1. The summed E-state index contributed by atoms with van der Waals surface area (Å²) < 4.78 is 6.03. The maximum Gasteiger partial charge on any atom is 0.408 e. The zero-order chi connectivity index (χ0) is 24.6. The van der Waals surface area contributed by atoms with E-state index in [-0.39, 0.29) is 6.10 Å². The topological polar surface area (TPSA) is 41.6 Å². The van der Waals surface area contributed by atoms with Gasteiger partial charge >= 0.3 is 6.09 Å². The number of benzene rings is 4. The maximum absolute atomic E-state index is 13.5. The van der Waals surface area contributed by atoms with Crippen LogP contribution < -0.4 is 5.32 Å². The number of nitrogens with one attached hydrogen (secondary N) is 1. The van der Waals surface area contributed by atoms with E-state index in [1.54, 1.807) is 0 Å². The molecule has 1 amide bonds. The Kier molecular flexibility index (Phi) is 7.44. The lowest BCUT2D eigenvalue weighted by atomic mass is 9.77. The van der Waals surface area contributed by atoms with Gasteiger partial charge in [0.2, 0.25) is 0 Å². The standard InChI is InChI=1S/C32H32N2O2/c35-31(36-30-21-23-34(24-22-30)25-26-13-5-1-6-14-26)33-32(27-15-7-2-8-16-27,28-17-9-3-10-18-28)29-19-11-4-12-20-29/h1-20,30H,21-25H2,(H,33,35). The maximum atomic E-state index is 13.5. The number of carbonyl (C=O) groups is 1. The molecule has 4 aromatic rings. The number of nitrogens with zero attached hydrogens (tertiary/aromatic N) is 1. The van der Waals surface area contributed by atoms with Gasteiger partial charge in [0.25, 0.3) is 0 Å². The van der Waals surface area contributed by atoms with Crippen LogP contribution in [0.15, 0.2) is 121 Å². The first-order valence-electron chi connectivity index (χ1n) is 12.7. The summed E-state index contributed by atoms with van der Waals surface area (Å²) in [6, 6.07) is 40.9. The summed E-state index contributed by atoms with van der Waals surface area (Å²) in [6.45, 7) is 2.75. The molecule has 0 unspecified atom stereocenters. The van der Waals surface area contributed by atoms with Crippen LogP contribution in [-0.4, -0.2) is 30.2 Å². The number of carbonyl (C=O) groups excluding carboxylic acids is 1. The Bertz CT molecular complexity index is 1130. The van der Waals surface area contributed by atoms with Gasteiger partial charge in [-0.25, -0.2) is 4.79 Å². The Morgan fingerprint density at radius 1 is 0.694 bits per heavy atom. The molecule has 1 heterocycles. The highest BCUT2D eigenvalue weighted by atomic mass is 16.6. The highest BCUT2D eigenvalue weighted by molar-refractivity contribution is 5.72. The average Bonchev–Trinajstić information content (AvgIpc) is 2.95. The van der Waals surface area contributed by atoms with Crippen LogP contribution >= 0.6 is 0 Å². The lowest BCUT2D eigenvalue weighted by Crippen LogP contribution is -2.49. The van der Waals surface area contributed by atoms with Crippen molar-refractivity contribution in [1.82, 2.24) is 10.2 Å². The van der Waals surface area contributed by atoms with Gasteiger partial charge in [0.1, 0.15) is 11.6 Å². The minimum absolute atomic E-state index is 0.1000. The number of ether oxygens (including phenoxy) is 1. The number of alkyl carbamates (subject to hydrolysis) is 1. The molecule has 4 nitrogen and oxygen atoms in total. The van der Waals surface area contributed by atoms with Gasteiger partial charge in [-0.2, -0.15) is 0 Å². The summed E-state index contributed by atoms with van der Waals surface area (Å²) >= 11 is 0. The molecule has 1 aliphatic heterocycles. The van der Waals surface area contributed by atoms with E-state index in [0.717, 1.165) is 49.2 Å². The van der Waals surface area contributed by atoms with Crippen molar-refractivity contribution in [3.8, 4) is 0 Å². The van der Waals surface area contributed by atoms with Crippen molar-refractivity contribution in [2.75, 3.05) is 13.1 Å². The summed E-state index contributed by atoms with van der Waals surface area (Å²) in [7, 11) is 0. The highest BCUT2D eigenvalue weighted by Crippen LogP contribution is 2.37. The van der Waals surface area contributed by atoms with Gasteiger partial charge in [0, 0.05) is 19.6 Å². The molecule has 0 radical (unpaired) electrons. The fourth-order valence-electron chi connectivity index (χ4n) is 5.14. The number of likely N-dealkylation sites (tertiary alicyclic amines) is 1. The minimum atomic E-state index is -0.866. The van der Waals surface area contributed by atoms with Crippen molar-refractivity contribution < 1.29 is 9.53 Å². The van der Waals surface area contributed by atoms with Crippen LogP contribution in [0.2, 0.25) is 0 Å². The van der Waals surface area contributed by atoms with E-state index in [9.17, 15) is 4.79 Å². The van der Waals surface area contributed by atoms with Crippen molar-refractivity contribution >= 4 is 6.09 Å². The molecule has 1 saturated heterocycles. The number of hydrogen-bond acceptors (Lipinski definition) is 3. The van der Waals surface area contributed by atoms with Crippen LogP contribution in [0.5, 0.6) is 0 Å². The Hall–Kier alpha value is -3.89. The molecule has 1 fully saturated rings. The molecule has 4 heteroatoms. The summed E-state index contributed by atoms with van der Waals surface area (Å²) in [4.78, 5) is 15.9. The van der Waals surface area contributed by atoms with E-state index in [2.05, 4.69) is 70.9 Å². The summed E-state index contributed by atoms with van der Waals surface area (Å²) in [6.07, 6.45) is 1.16. The van der Waals surface area contributed by atoms with E-state index >= 15 is 0 Å². The van der Waals surface area contributed by atoms with Crippen LogP contribution in [0.1, 0.15) is 35.1 Å². The monoisotopic (exact) mass is 476 g/mol. The van der Waals surface area contributed by atoms with Crippen molar-refractivity contribution in [2.45, 2.75) is 31.0 Å². The molecule has 0 spiro atoms. The molecule has 0 aromatic heterocycles.